The smallest absolute Gasteiger partial charge is 0.247 e. The summed E-state index contributed by atoms with van der Waals surface area (Å²) in [5.41, 5.74) is 7.18. The molecule has 0 radical (unpaired) electrons. The number of aromatic nitrogens is 2. The Hall–Kier alpha value is -1.79. The number of rotatable bonds is 2. The minimum atomic E-state index is -0.628. The fourth-order valence-corrected chi connectivity index (χ4v) is 2.36. The molecular weight excluding hydrogens is 261 g/mol. The van der Waals surface area contributed by atoms with Gasteiger partial charge in [0.25, 0.3) is 0 Å². The van der Waals surface area contributed by atoms with Crippen LogP contribution in [0.1, 0.15) is 24.3 Å². The molecule has 0 amide bonds. The summed E-state index contributed by atoms with van der Waals surface area (Å²) < 4.78 is 23.7. The summed E-state index contributed by atoms with van der Waals surface area (Å²) in [4.78, 5) is 4.39. The molecular formula is C14H16FN3O2. The Kier molecular flexibility index (Phi) is 3.27. The van der Waals surface area contributed by atoms with E-state index in [4.69, 9.17) is 15.0 Å². The van der Waals surface area contributed by atoms with E-state index in [1.807, 2.05) is 0 Å². The highest BCUT2D eigenvalue weighted by atomic mass is 19.1. The van der Waals surface area contributed by atoms with Gasteiger partial charge >= 0.3 is 0 Å². The number of halogens is 1. The zero-order valence-electron chi connectivity index (χ0n) is 11.2. The molecule has 6 heteroatoms. The molecule has 0 saturated carbocycles. The van der Waals surface area contributed by atoms with Crippen molar-refractivity contribution in [3.63, 3.8) is 0 Å². The van der Waals surface area contributed by atoms with Crippen LogP contribution in [0.5, 0.6) is 0 Å². The molecule has 0 atom stereocenters. The van der Waals surface area contributed by atoms with Crippen LogP contribution in [0, 0.1) is 12.7 Å². The third-order valence-corrected chi connectivity index (χ3v) is 3.67. The normalized spacial score (nSPS) is 18.1. The highest BCUT2D eigenvalue weighted by Gasteiger charge is 2.36. The van der Waals surface area contributed by atoms with Crippen LogP contribution in [0.3, 0.4) is 0 Å². The van der Waals surface area contributed by atoms with Gasteiger partial charge in [-0.1, -0.05) is 5.16 Å². The minimum absolute atomic E-state index is 0.283. The van der Waals surface area contributed by atoms with Gasteiger partial charge in [-0.15, -0.1) is 0 Å². The summed E-state index contributed by atoms with van der Waals surface area (Å²) in [6, 6.07) is 4.47. The Morgan fingerprint density at radius 2 is 2.05 bits per heavy atom. The maximum Gasteiger partial charge on any atom is 0.247 e. The molecule has 106 valence electrons. The number of benzene rings is 1. The molecule has 1 aliphatic heterocycles. The Bertz CT molecular complexity index is 621. The van der Waals surface area contributed by atoms with E-state index in [2.05, 4.69) is 10.1 Å². The van der Waals surface area contributed by atoms with Gasteiger partial charge in [0.05, 0.1) is 0 Å². The first-order chi connectivity index (χ1) is 9.58. The van der Waals surface area contributed by atoms with E-state index in [1.54, 1.807) is 13.0 Å². The maximum absolute atomic E-state index is 13.1. The van der Waals surface area contributed by atoms with Gasteiger partial charge in [0.2, 0.25) is 11.7 Å². The molecule has 2 N–H and O–H groups in total. The van der Waals surface area contributed by atoms with Crippen molar-refractivity contribution in [1.82, 2.24) is 10.1 Å². The summed E-state index contributed by atoms with van der Waals surface area (Å²) in [5, 5.41) is 3.97. The van der Waals surface area contributed by atoms with Gasteiger partial charge in [0.15, 0.2) is 0 Å². The number of aryl methyl sites for hydroxylation is 1. The first-order valence-electron chi connectivity index (χ1n) is 6.56. The SMILES string of the molecule is Cc1cc(F)ccc1-c1noc(C2(N)CCOCC2)n1. The molecule has 0 spiro atoms. The van der Waals surface area contributed by atoms with Crippen molar-refractivity contribution in [2.24, 2.45) is 5.73 Å². The van der Waals surface area contributed by atoms with Gasteiger partial charge in [-0.3, -0.25) is 0 Å². The number of hydrogen-bond acceptors (Lipinski definition) is 5. The van der Waals surface area contributed by atoms with Crippen molar-refractivity contribution in [2.45, 2.75) is 25.3 Å². The summed E-state index contributed by atoms with van der Waals surface area (Å²) in [6.45, 7) is 2.98. The first kappa shape index (κ1) is 13.2. The minimum Gasteiger partial charge on any atom is -0.381 e. The van der Waals surface area contributed by atoms with Crippen molar-refractivity contribution in [2.75, 3.05) is 13.2 Å². The van der Waals surface area contributed by atoms with Crippen LogP contribution in [0.4, 0.5) is 4.39 Å². The number of nitrogens with two attached hydrogens (primary N) is 1. The van der Waals surface area contributed by atoms with Crippen molar-refractivity contribution in [3.8, 4) is 11.4 Å². The van der Waals surface area contributed by atoms with Gasteiger partial charge < -0.3 is 15.0 Å². The highest BCUT2D eigenvalue weighted by Crippen LogP contribution is 2.30. The van der Waals surface area contributed by atoms with Crippen molar-refractivity contribution >= 4 is 0 Å². The van der Waals surface area contributed by atoms with Crippen molar-refractivity contribution in [3.05, 3.63) is 35.5 Å². The maximum atomic E-state index is 13.1. The Morgan fingerprint density at radius 1 is 1.30 bits per heavy atom. The van der Waals surface area contributed by atoms with E-state index < -0.39 is 5.54 Å². The van der Waals surface area contributed by atoms with Crippen LogP contribution >= 0.6 is 0 Å². The van der Waals surface area contributed by atoms with E-state index in [1.165, 1.54) is 12.1 Å². The molecule has 1 aliphatic rings. The Morgan fingerprint density at radius 3 is 2.75 bits per heavy atom. The molecule has 1 saturated heterocycles. The number of hydrogen-bond donors (Lipinski definition) is 1. The quantitative estimate of drug-likeness (QED) is 0.910. The molecule has 5 nitrogen and oxygen atoms in total. The van der Waals surface area contributed by atoms with Crippen LogP contribution < -0.4 is 5.73 Å². The van der Waals surface area contributed by atoms with E-state index in [-0.39, 0.29) is 5.82 Å². The van der Waals surface area contributed by atoms with Crippen molar-refractivity contribution < 1.29 is 13.7 Å². The predicted molar refractivity (Wildman–Crippen MR) is 70.3 cm³/mol. The summed E-state index contributed by atoms with van der Waals surface area (Å²) >= 11 is 0. The third-order valence-electron chi connectivity index (χ3n) is 3.67. The lowest BCUT2D eigenvalue weighted by atomic mass is 9.91. The molecule has 2 aromatic rings. The molecule has 1 aromatic heterocycles. The van der Waals surface area contributed by atoms with Gasteiger partial charge in [-0.2, -0.15) is 4.98 Å². The average molecular weight is 277 g/mol. The molecule has 0 aliphatic carbocycles. The molecule has 1 fully saturated rings. The number of ether oxygens (including phenoxy) is 1. The van der Waals surface area contributed by atoms with Gasteiger partial charge in [0.1, 0.15) is 11.4 Å². The second-order valence-electron chi connectivity index (χ2n) is 5.15. The number of nitrogens with zero attached hydrogens (tertiary/aromatic N) is 2. The fourth-order valence-electron chi connectivity index (χ4n) is 2.36. The standard InChI is InChI=1S/C14H16FN3O2/c1-9-8-10(15)2-3-11(9)12-17-13(20-18-12)14(16)4-6-19-7-5-14/h2-3,8H,4-7,16H2,1H3. The highest BCUT2D eigenvalue weighted by molar-refractivity contribution is 5.59. The summed E-state index contributed by atoms with van der Waals surface area (Å²) in [7, 11) is 0. The van der Waals surface area contributed by atoms with E-state index in [0.29, 0.717) is 37.8 Å². The summed E-state index contributed by atoms with van der Waals surface area (Å²) in [6.07, 6.45) is 1.30. The van der Waals surface area contributed by atoms with Gasteiger partial charge in [0, 0.05) is 18.8 Å². The molecule has 2 heterocycles. The molecule has 1 aromatic carbocycles. The Labute approximate surface area is 115 Å². The molecule has 3 rings (SSSR count). The third kappa shape index (κ3) is 2.32. The topological polar surface area (TPSA) is 74.2 Å². The van der Waals surface area contributed by atoms with Crippen LogP contribution in [0.15, 0.2) is 22.7 Å². The predicted octanol–water partition coefficient (Wildman–Crippen LogP) is 2.15. The van der Waals surface area contributed by atoms with Crippen LogP contribution in [-0.2, 0) is 10.3 Å². The van der Waals surface area contributed by atoms with E-state index in [0.717, 1.165) is 11.1 Å². The zero-order valence-corrected chi connectivity index (χ0v) is 11.2. The lowest BCUT2D eigenvalue weighted by molar-refractivity contribution is 0.0400. The first-order valence-corrected chi connectivity index (χ1v) is 6.56. The van der Waals surface area contributed by atoms with Crippen LogP contribution in [0.2, 0.25) is 0 Å². The lowest BCUT2D eigenvalue weighted by Gasteiger charge is -2.29. The van der Waals surface area contributed by atoms with Crippen LogP contribution in [-0.4, -0.2) is 23.4 Å². The molecule has 0 unspecified atom stereocenters. The van der Waals surface area contributed by atoms with Crippen molar-refractivity contribution in [1.29, 1.82) is 0 Å². The molecule has 20 heavy (non-hydrogen) atoms. The van der Waals surface area contributed by atoms with Gasteiger partial charge in [-0.25, -0.2) is 4.39 Å². The monoisotopic (exact) mass is 277 g/mol. The second kappa shape index (κ2) is 4.96. The zero-order chi connectivity index (χ0) is 14.2. The van der Waals surface area contributed by atoms with Gasteiger partial charge in [-0.05, 0) is 43.5 Å². The largest absolute Gasteiger partial charge is 0.381 e. The average Bonchev–Trinajstić information content (AvgIpc) is 2.90. The fraction of sp³-hybridized carbons (Fsp3) is 0.429. The van der Waals surface area contributed by atoms with E-state index in [9.17, 15) is 4.39 Å². The molecule has 0 bridgehead atoms. The summed E-state index contributed by atoms with van der Waals surface area (Å²) in [5.74, 6) is 0.572. The second-order valence-corrected chi connectivity index (χ2v) is 5.15. The Balaban J connectivity index is 1.93. The van der Waals surface area contributed by atoms with Crippen LogP contribution in [0.25, 0.3) is 11.4 Å². The van der Waals surface area contributed by atoms with E-state index >= 15 is 0 Å². The lowest BCUT2D eigenvalue weighted by Crippen LogP contribution is -2.42.